The second-order valence-electron chi connectivity index (χ2n) is 1.99. The Morgan fingerprint density at radius 2 is 2.30 bits per heavy atom. The summed E-state index contributed by atoms with van der Waals surface area (Å²) in [4.78, 5) is 3.98. The SMILES string of the molecule is OCCc1cncc(I)c1. The fourth-order valence-electron chi connectivity index (χ4n) is 0.722. The van der Waals surface area contributed by atoms with E-state index in [0.717, 1.165) is 9.13 Å². The van der Waals surface area contributed by atoms with E-state index in [1.165, 1.54) is 0 Å². The van der Waals surface area contributed by atoms with Crippen molar-refractivity contribution >= 4 is 22.6 Å². The topological polar surface area (TPSA) is 33.1 Å². The lowest BCUT2D eigenvalue weighted by Gasteiger charge is -1.95. The van der Waals surface area contributed by atoms with Crippen LogP contribution in [-0.4, -0.2) is 16.7 Å². The quantitative estimate of drug-likeness (QED) is 0.799. The van der Waals surface area contributed by atoms with E-state index >= 15 is 0 Å². The number of rotatable bonds is 2. The van der Waals surface area contributed by atoms with Crippen LogP contribution in [0.15, 0.2) is 18.5 Å². The minimum Gasteiger partial charge on any atom is -0.396 e. The molecule has 10 heavy (non-hydrogen) atoms. The maximum atomic E-state index is 8.58. The summed E-state index contributed by atoms with van der Waals surface area (Å²) in [5.41, 5.74) is 1.09. The number of aliphatic hydroxyl groups excluding tert-OH is 1. The van der Waals surface area contributed by atoms with Crippen LogP contribution in [0.4, 0.5) is 0 Å². The first-order chi connectivity index (χ1) is 4.83. The minimum atomic E-state index is 0.196. The molecular formula is C7H8INO. The zero-order chi connectivity index (χ0) is 7.40. The molecule has 54 valence electrons. The molecule has 0 spiro atoms. The highest BCUT2D eigenvalue weighted by Crippen LogP contribution is 2.05. The Hall–Kier alpha value is -0.160. The zero-order valence-electron chi connectivity index (χ0n) is 5.42. The van der Waals surface area contributed by atoms with Crippen LogP contribution in [0.3, 0.4) is 0 Å². The molecular weight excluding hydrogens is 241 g/mol. The van der Waals surface area contributed by atoms with Crippen LogP contribution in [0.25, 0.3) is 0 Å². The maximum Gasteiger partial charge on any atom is 0.0472 e. The number of aromatic nitrogens is 1. The van der Waals surface area contributed by atoms with Gasteiger partial charge >= 0.3 is 0 Å². The van der Waals surface area contributed by atoms with Gasteiger partial charge in [-0.25, -0.2) is 0 Å². The molecule has 1 aromatic rings. The van der Waals surface area contributed by atoms with Crippen LogP contribution < -0.4 is 0 Å². The summed E-state index contributed by atoms with van der Waals surface area (Å²) < 4.78 is 1.11. The normalized spacial score (nSPS) is 9.80. The van der Waals surface area contributed by atoms with Crippen molar-refractivity contribution in [2.24, 2.45) is 0 Å². The molecule has 0 amide bonds. The predicted molar refractivity (Wildman–Crippen MR) is 47.7 cm³/mol. The molecule has 0 aliphatic heterocycles. The van der Waals surface area contributed by atoms with E-state index in [-0.39, 0.29) is 6.61 Å². The van der Waals surface area contributed by atoms with Gasteiger partial charge in [0.1, 0.15) is 0 Å². The fraction of sp³-hybridized carbons (Fsp3) is 0.286. The van der Waals surface area contributed by atoms with Gasteiger partial charge in [0.05, 0.1) is 0 Å². The molecule has 1 rings (SSSR count). The van der Waals surface area contributed by atoms with Gasteiger partial charge in [0.2, 0.25) is 0 Å². The Labute approximate surface area is 73.4 Å². The Kier molecular flexibility index (Phi) is 3.08. The van der Waals surface area contributed by atoms with Crippen molar-refractivity contribution < 1.29 is 5.11 Å². The summed E-state index contributed by atoms with van der Waals surface area (Å²) in [5.74, 6) is 0. The molecule has 0 aromatic carbocycles. The van der Waals surface area contributed by atoms with Gasteiger partial charge in [-0.15, -0.1) is 0 Å². The van der Waals surface area contributed by atoms with Crippen LogP contribution in [0, 0.1) is 3.57 Å². The predicted octanol–water partition coefficient (Wildman–Crippen LogP) is 1.22. The maximum absolute atomic E-state index is 8.58. The molecule has 0 saturated heterocycles. The van der Waals surface area contributed by atoms with Crippen molar-refractivity contribution in [2.45, 2.75) is 6.42 Å². The second kappa shape index (κ2) is 3.88. The first-order valence-corrected chi connectivity index (χ1v) is 4.11. The van der Waals surface area contributed by atoms with Crippen LogP contribution in [0.2, 0.25) is 0 Å². The van der Waals surface area contributed by atoms with Crippen molar-refractivity contribution in [3.05, 3.63) is 27.6 Å². The molecule has 0 radical (unpaired) electrons. The van der Waals surface area contributed by atoms with Gasteiger partial charge in [-0.3, -0.25) is 4.98 Å². The largest absolute Gasteiger partial charge is 0.396 e. The first kappa shape index (κ1) is 7.94. The van der Waals surface area contributed by atoms with Crippen molar-refractivity contribution in [1.29, 1.82) is 0 Å². The molecule has 2 nitrogen and oxygen atoms in total. The monoisotopic (exact) mass is 249 g/mol. The molecule has 1 N–H and O–H groups in total. The molecule has 1 heterocycles. The minimum absolute atomic E-state index is 0.196. The van der Waals surface area contributed by atoms with Crippen LogP contribution in [0.1, 0.15) is 5.56 Å². The van der Waals surface area contributed by atoms with E-state index in [4.69, 9.17) is 5.11 Å². The number of halogens is 1. The van der Waals surface area contributed by atoms with Gasteiger partial charge in [0, 0.05) is 22.6 Å². The lowest BCUT2D eigenvalue weighted by molar-refractivity contribution is 0.299. The van der Waals surface area contributed by atoms with E-state index in [9.17, 15) is 0 Å². The van der Waals surface area contributed by atoms with Crippen molar-refractivity contribution in [1.82, 2.24) is 4.98 Å². The van der Waals surface area contributed by atoms with Crippen LogP contribution in [0.5, 0.6) is 0 Å². The number of pyridine rings is 1. The van der Waals surface area contributed by atoms with Gasteiger partial charge in [-0.1, -0.05) is 0 Å². The summed E-state index contributed by atoms with van der Waals surface area (Å²) in [7, 11) is 0. The fourth-order valence-corrected chi connectivity index (χ4v) is 1.28. The van der Waals surface area contributed by atoms with E-state index < -0.39 is 0 Å². The average Bonchev–Trinajstić information content (AvgIpc) is 1.88. The molecule has 0 bridgehead atoms. The summed E-state index contributed by atoms with van der Waals surface area (Å²) >= 11 is 2.20. The highest BCUT2D eigenvalue weighted by molar-refractivity contribution is 14.1. The van der Waals surface area contributed by atoms with Gasteiger partial charge in [0.15, 0.2) is 0 Å². The third-order valence-electron chi connectivity index (χ3n) is 1.16. The third kappa shape index (κ3) is 2.22. The summed E-state index contributed by atoms with van der Waals surface area (Å²) in [6, 6.07) is 2.02. The first-order valence-electron chi connectivity index (χ1n) is 3.03. The van der Waals surface area contributed by atoms with Crippen molar-refractivity contribution in [2.75, 3.05) is 6.61 Å². The summed E-state index contributed by atoms with van der Waals surface area (Å²) in [6.07, 6.45) is 4.27. The van der Waals surface area contributed by atoms with E-state index in [1.807, 2.05) is 6.07 Å². The molecule has 1 aromatic heterocycles. The Morgan fingerprint density at radius 1 is 1.50 bits per heavy atom. The molecule has 0 aliphatic rings. The standard InChI is InChI=1S/C7H8INO/c8-7-3-6(1-2-10)4-9-5-7/h3-5,10H,1-2H2. The molecule has 0 atom stereocenters. The lowest BCUT2D eigenvalue weighted by Crippen LogP contribution is -1.91. The molecule has 0 unspecified atom stereocenters. The van der Waals surface area contributed by atoms with Crippen molar-refractivity contribution in [3.8, 4) is 0 Å². The molecule has 0 saturated carbocycles. The van der Waals surface area contributed by atoms with E-state index in [0.29, 0.717) is 6.42 Å². The second-order valence-corrected chi connectivity index (χ2v) is 3.23. The number of aliphatic hydroxyl groups is 1. The average molecular weight is 249 g/mol. The van der Waals surface area contributed by atoms with Crippen LogP contribution in [-0.2, 0) is 6.42 Å². The Bertz CT molecular complexity index is 215. The Balaban J connectivity index is 2.75. The summed E-state index contributed by atoms with van der Waals surface area (Å²) in [5, 5.41) is 8.58. The number of nitrogens with zero attached hydrogens (tertiary/aromatic N) is 1. The van der Waals surface area contributed by atoms with Gasteiger partial charge in [0.25, 0.3) is 0 Å². The van der Waals surface area contributed by atoms with Crippen LogP contribution >= 0.6 is 22.6 Å². The highest BCUT2D eigenvalue weighted by atomic mass is 127. The van der Waals surface area contributed by atoms with Gasteiger partial charge in [-0.2, -0.15) is 0 Å². The molecule has 0 fully saturated rings. The van der Waals surface area contributed by atoms with Gasteiger partial charge < -0.3 is 5.11 Å². The molecule has 3 heteroatoms. The highest BCUT2D eigenvalue weighted by Gasteiger charge is 1.91. The number of hydrogen-bond acceptors (Lipinski definition) is 2. The number of hydrogen-bond donors (Lipinski definition) is 1. The smallest absolute Gasteiger partial charge is 0.0472 e. The zero-order valence-corrected chi connectivity index (χ0v) is 7.58. The lowest BCUT2D eigenvalue weighted by atomic mass is 10.2. The van der Waals surface area contributed by atoms with Crippen molar-refractivity contribution in [3.63, 3.8) is 0 Å². The third-order valence-corrected chi connectivity index (χ3v) is 1.75. The Morgan fingerprint density at radius 3 is 2.90 bits per heavy atom. The van der Waals surface area contributed by atoms with E-state index in [1.54, 1.807) is 12.4 Å². The van der Waals surface area contributed by atoms with E-state index in [2.05, 4.69) is 27.6 Å². The van der Waals surface area contributed by atoms with Gasteiger partial charge in [-0.05, 0) is 40.6 Å². The molecule has 0 aliphatic carbocycles. The summed E-state index contributed by atoms with van der Waals surface area (Å²) in [6.45, 7) is 0.196.